The summed E-state index contributed by atoms with van der Waals surface area (Å²) in [5, 5.41) is 26.6. The monoisotopic (exact) mass is 830 g/mol. The van der Waals surface area contributed by atoms with E-state index in [1.165, 1.54) is 0 Å². The molecule has 1 aromatic carbocycles. The van der Waals surface area contributed by atoms with Gasteiger partial charge in [-0.3, -0.25) is 33.6 Å². The molecule has 0 radical (unpaired) electrons. The van der Waals surface area contributed by atoms with Gasteiger partial charge in [0.1, 0.15) is 0 Å². The average molecular weight is 830 g/mol. The number of nitrogens with one attached hydrogen (secondary N) is 6. The molecule has 0 aromatic heterocycles. The molecule has 0 bridgehead atoms. The van der Waals surface area contributed by atoms with Crippen LogP contribution in [0, 0.1) is 65.1 Å². The first-order chi connectivity index (χ1) is 27.7. The summed E-state index contributed by atoms with van der Waals surface area (Å²) in [6.07, 6.45) is 1.25. The lowest BCUT2D eigenvalue weighted by Gasteiger charge is -2.25. The lowest BCUT2D eigenvalue weighted by molar-refractivity contribution is -0.142. The first kappa shape index (κ1) is 52.5. The molecule has 0 fully saturated rings. The quantitative estimate of drug-likeness (QED) is 0.0619. The van der Waals surface area contributed by atoms with Crippen LogP contribution in [0.2, 0.25) is 0 Å². The molecule has 0 unspecified atom stereocenters. The molecule has 334 valence electrons. The third kappa shape index (κ3) is 20.3. The zero-order valence-electron chi connectivity index (χ0n) is 37.2. The Balaban J connectivity index is 2.92. The molecule has 1 rings (SSSR count). The number of nitrogens with two attached hydrogens (primary N) is 1. The van der Waals surface area contributed by atoms with Crippen molar-refractivity contribution in [1.29, 1.82) is 0 Å². The fourth-order valence-corrected chi connectivity index (χ4v) is 6.64. The first-order valence-electron chi connectivity index (χ1n) is 21.3. The smallest absolute Gasteiger partial charge is 0.308 e. The van der Waals surface area contributed by atoms with Crippen molar-refractivity contribution in [3.8, 4) is 0 Å². The highest BCUT2D eigenvalue weighted by Gasteiger charge is 2.29. The minimum atomic E-state index is -0.972. The maximum absolute atomic E-state index is 13.8. The maximum Gasteiger partial charge on any atom is 0.308 e. The molecule has 0 aliphatic heterocycles. The van der Waals surface area contributed by atoms with Crippen molar-refractivity contribution in [2.45, 2.75) is 88.5 Å². The Hall–Kier alpha value is -4.53. The van der Waals surface area contributed by atoms with Crippen molar-refractivity contribution in [1.82, 2.24) is 31.9 Å². The van der Waals surface area contributed by atoms with E-state index in [9.17, 15) is 38.7 Å². The number of carbonyl (C=O) groups excluding carboxylic acids is 6. The van der Waals surface area contributed by atoms with Gasteiger partial charge in [-0.1, -0.05) is 99.6 Å². The van der Waals surface area contributed by atoms with Gasteiger partial charge in [-0.25, -0.2) is 0 Å². The van der Waals surface area contributed by atoms with Crippen LogP contribution < -0.4 is 37.6 Å². The van der Waals surface area contributed by atoms with Crippen LogP contribution in [0.25, 0.3) is 0 Å². The number of benzene rings is 1. The van der Waals surface area contributed by atoms with Crippen molar-refractivity contribution in [2.75, 3.05) is 45.8 Å². The van der Waals surface area contributed by atoms with Gasteiger partial charge < -0.3 is 42.7 Å². The maximum atomic E-state index is 13.8. The van der Waals surface area contributed by atoms with E-state index in [2.05, 4.69) is 31.9 Å². The summed E-state index contributed by atoms with van der Waals surface area (Å²) in [5.41, 5.74) is 6.65. The van der Waals surface area contributed by atoms with E-state index < -0.39 is 41.5 Å². The van der Waals surface area contributed by atoms with E-state index in [1.54, 1.807) is 13.8 Å². The fraction of sp³-hybridized carbons (Fsp3) is 0.705. The molecule has 7 atom stereocenters. The molecule has 0 saturated carbocycles. The molecule has 0 aliphatic carbocycles. The standard InChI is InChI=1S/C44H75N7O8/c1-26(2)16-33(22-48-38(52)30(9)20-46-42(56)36(19-45)28(5)6)40(54)50-23-34(18-32-14-12-11-13-15-32)41(55)51-25-37(29(7)8)43(57)47-21-31(10)39(53)49-24-35(44(58)59)17-27(3)4/h11-15,26-31,33-37H,16-25,45H2,1-10H3,(H,46,56)(H,47,57)(H,48,52)(H,49,53)(H,50,54)(H,51,55)(H,58,59)/t30-,31-,33-,34-,35-,36+,37+/m0/s1. The summed E-state index contributed by atoms with van der Waals surface area (Å²) in [4.78, 5) is 90.6. The van der Waals surface area contributed by atoms with Crippen molar-refractivity contribution < 1.29 is 38.7 Å². The summed E-state index contributed by atoms with van der Waals surface area (Å²) in [5.74, 6) is -6.67. The Bertz CT molecular complexity index is 1490. The average Bonchev–Trinajstić information content (AvgIpc) is 3.17. The summed E-state index contributed by atoms with van der Waals surface area (Å²) in [6, 6.07) is 9.41. The van der Waals surface area contributed by atoms with Crippen LogP contribution >= 0.6 is 0 Å². The van der Waals surface area contributed by atoms with Gasteiger partial charge in [0, 0.05) is 45.8 Å². The highest BCUT2D eigenvalue weighted by molar-refractivity contribution is 5.85. The van der Waals surface area contributed by atoms with Crippen LogP contribution in [0.5, 0.6) is 0 Å². The van der Waals surface area contributed by atoms with Gasteiger partial charge in [0.15, 0.2) is 0 Å². The predicted octanol–water partition coefficient (Wildman–Crippen LogP) is 2.73. The van der Waals surface area contributed by atoms with E-state index in [-0.39, 0.29) is 111 Å². The van der Waals surface area contributed by atoms with Crippen molar-refractivity contribution in [2.24, 2.45) is 70.8 Å². The minimum Gasteiger partial charge on any atom is -0.481 e. The summed E-state index contributed by atoms with van der Waals surface area (Å²) in [6.45, 7) is 19.2. The molecule has 15 heteroatoms. The molecule has 0 aliphatic rings. The van der Waals surface area contributed by atoms with Crippen LogP contribution in [0.4, 0.5) is 0 Å². The van der Waals surface area contributed by atoms with Crippen LogP contribution in [0.3, 0.4) is 0 Å². The molecule has 0 saturated heterocycles. The van der Waals surface area contributed by atoms with E-state index in [0.29, 0.717) is 19.3 Å². The normalized spacial score (nSPS) is 15.0. The first-order valence-corrected chi connectivity index (χ1v) is 21.3. The van der Waals surface area contributed by atoms with Crippen LogP contribution in [-0.4, -0.2) is 92.3 Å². The van der Waals surface area contributed by atoms with Gasteiger partial charge >= 0.3 is 5.97 Å². The fourth-order valence-electron chi connectivity index (χ4n) is 6.64. The topological polar surface area (TPSA) is 238 Å². The van der Waals surface area contributed by atoms with E-state index in [1.807, 2.05) is 85.7 Å². The molecular formula is C44H75N7O8. The Morgan fingerprint density at radius 2 is 0.881 bits per heavy atom. The number of aliphatic carboxylic acids is 1. The highest BCUT2D eigenvalue weighted by atomic mass is 16.4. The van der Waals surface area contributed by atoms with Crippen LogP contribution in [-0.2, 0) is 40.0 Å². The van der Waals surface area contributed by atoms with Gasteiger partial charge in [0.2, 0.25) is 35.4 Å². The number of carboxylic acid groups (broad SMARTS) is 1. The van der Waals surface area contributed by atoms with Crippen LogP contribution in [0.15, 0.2) is 30.3 Å². The molecule has 59 heavy (non-hydrogen) atoms. The number of hydrogen-bond acceptors (Lipinski definition) is 8. The number of carboxylic acids is 1. The zero-order chi connectivity index (χ0) is 44.8. The molecule has 0 heterocycles. The van der Waals surface area contributed by atoms with E-state index in [4.69, 9.17) is 5.73 Å². The summed E-state index contributed by atoms with van der Waals surface area (Å²) >= 11 is 0. The predicted molar refractivity (Wildman–Crippen MR) is 229 cm³/mol. The van der Waals surface area contributed by atoms with E-state index >= 15 is 0 Å². The summed E-state index contributed by atoms with van der Waals surface area (Å²) in [7, 11) is 0. The molecule has 15 nitrogen and oxygen atoms in total. The molecule has 0 spiro atoms. The van der Waals surface area contributed by atoms with Gasteiger partial charge in [-0.15, -0.1) is 0 Å². The Morgan fingerprint density at radius 3 is 1.34 bits per heavy atom. The zero-order valence-corrected chi connectivity index (χ0v) is 37.2. The lowest BCUT2D eigenvalue weighted by Crippen LogP contribution is -2.48. The number of amides is 6. The van der Waals surface area contributed by atoms with E-state index in [0.717, 1.165) is 5.56 Å². The Labute approximate surface area is 352 Å². The van der Waals surface area contributed by atoms with Gasteiger partial charge in [0.25, 0.3) is 0 Å². The van der Waals surface area contributed by atoms with Crippen molar-refractivity contribution in [3.05, 3.63) is 35.9 Å². The third-order valence-electron chi connectivity index (χ3n) is 10.6. The van der Waals surface area contributed by atoms with Gasteiger partial charge in [0.05, 0.1) is 41.4 Å². The van der Waals surface area contributed by atoms with Gasteiger partial charge in [-0.05, 0) is 48.5 Å². The molecule has 9 N–H and O–H groups in total. The van der Waals surface area contributed by atoms with Crippen molar-refractivity contribution in [3.63, 3.8) is 0 Å². The van der Waals surface area contributed by atoms with Crippen LogP contribution in [0.1, 0.15) is 87.6 Å². The second-order valence-corrected chi connectivity index (χ2v) is 17.6. The molecule has 1 aromatic rings. The Morgan fingerprint density at radius 1 is 0.492 bits per heavy atom. The Kier molecular flexibility index (Phi) is 24.3. The molecular weight excluding hydrogens is 755 g/mol. The SMILES string of the molecule is CC(C)C[C@@H](CNC(=O)[C@@H](C)CNC(=O)[C@H](CNC(=O)[C@H](CNC(=O)[C@H](CNC(=O)[C@@H](C)CNC(=O)[C@H](CN)C(C)C)CC(C)C)Cc1ccccc1)C(C)C)C(=O)O. The van der Waals surface area contributed by atoms with Crippen molar-refractivity contribution >= 4 is 41.4 Å². The minimum absolute atomic E-state index is 0.00141. The summed E-state index contributed by atoms with van der Waals surface area (Å²) < 4.78 is 0. The van der Waals surface area contributed by atoms with Gasteiger partial charge in [-0.2, -0.15) is 0 Å². The second kappa shape index (κ2) is 27.3. The number of hydrogen-bond donors (Lipinski definition) is 8. The highest BCUT2D eigenvalue weighted by Crippen LogP contribution is 2.16. The largest absolute Gasteiger partial charge is 0.481 e. The lowest BCUT2D eigenvalue weighted by atomic mass is 9.93. The second-order valence-electron chi connectivity index (χ2n) is 17.6. The molecule has 6 amide bonds. The number of rotatable bonds is 28. The number of carbonyl (C=O) groups is 7. The third-order valence-corrected chi connectivity index (χ3v) is 10.6.